The van der Waals surface area contributed by atoms with Gasteiger partial charge in [-0.1, -0.05) is 36.3 Å². The highest BCUT2D eigenvalue weighted by Gasteiger charge is 2.35. The molecule has 1 atom stereocenters. The molecule has 1 unspecified atom stereocenters. The molecule has 6 heteroatoms. The van der Waals surface area contributed by atoms with E-state index in [2.05, 4.69) is 39.8 Å². The van der Waals surface area contributed by atoms with Crippen molar-refractivity contribution in [3.63, 3.8) is 0 Å². The number of carbonyl (C=O) groups excluding carboxylic acids is 1. The van der Waals surface area contributed by atoms with E-state index in [0.717, 1.165) is 25.7 Å². The fraction of sp³-hybridized carbons (Fsp3) is 0.696. The van der Waals surface area contributed by atoms with Crippen molar-refractivity contribution >= 4 is 13.6 Å². The molecule has 0 aliphatic heterocycles. The van der Waals surface area contributed by atoms with E-state index in [9.17, 15) is 9.36 Å². The smallest absolute Gasteiger partial charge is 0.368 e. The van der Waals surface area contributed by atoms with Gasteiger partial charge in [-0.05, 0) is 79.6 Å². The third-order valence-corrected chi connectivity index (χ3v) is 6.49. The second kappa shape index (κ2) is 15.6. The normalized spacial score (nSPS) is 13.9. The molecule has 0 amide bonds. The molecule has 0 aliphatic carbocycles. The minimum Gasteiger partial charge on any atom is -0.462 e. The number of rotatable bonds is 15. The summed E-state index contributed by atoms with van der Waals surface area (Å²) in [6.07, 6.45) is 11.0. The van der Waals surface area contributed by atoms with Crippen LogP contribution in [0.25, 0.3) is 0 Å². The molecule has 0 N–H and O–H groups in total. The van der Waals surface area contributed by atoms with Gasteiger partial charge in [0.25, 0.3) is 0 Å². The highest BCUT2D eigenvalue weighted by molar-refractivity contribution is 7.59. The molecule has 5 nitrogen and oxygen atoms in total. The lowest BCUT2D eigenvalue weighted by atomic mass is 10.00. The summed E-state index contributed by atoms with van der Waals surface area (Å²) in [5.74, 6) is -0.294. The molecule has 0 fully saturated rings. The van der Waals surface area contributed by atoms with Gasteiger partial charge in [0, 0.05) is 0 Å². The quantitative estimate of drug-likeness (QED) is 0.119. The second-order valence-corrected chi connectivity index (χ2v) is 9.42. The maximum Gasteiger partial charge on any atom is 0.368 e. The van der Waals surface area contributed by atoms with Crippen molar-refractivity contribution in [3.8, 4) is 0 Å². The van der Waals surface area contributed by atoms with Crippen LogP contribution in [0, 0.1) is 5.92 Å². The topological polar surface area (TPSA) is 61.8 Å². The Labute approximate surface area is 178 Å². The van der Waals surface area contributed by atoms with Crippen LogP contribution in [0.4, 0.5) is 0 Å². The number of allylic oxidation sites excluding steroid dienone is 5. The summed E-state index contributed by atoms with van der Waals surface area (Å²) >= 11 is 0. The second-order valence-electron chi connectivity index (χ2n) is 7.43. The van der Waals surface area contributed by atoms with Crippen LogP contribution in [0.1, 0.15) is 80.6 Å². The van der Waals surface area contributed by atoms with Crippen molar-refractivity contribution in [2.24, 2.45) is 5.92 Å². The van der Waals surface area contributed by atoms with Gasteiger partial charge in [0.1, 0.15) is 5.31 Å². The Morgan fingerprint density at radius 2 is 1.55 bits per heavy atom. The van der Waals surface area contributed by atoms with Crippen molar-refractivity contribution in [2.45, 2.75) is 80.6 Å². The summed E-state index contributed by atoms with van der Waals surface area (Å²) in [6.45, 7) is 14.3. The zero-order chi connectivity index (χ0) is 22.3. The first-order valence-corrected chi connectivity index (χ1v) is 12.3. The maximum atomic E-state index is 13.1. The van der Waals surface area contributed by atoms with Crippen LogP contribution in [0.15, 0.2) is 34.7 Å². The van der Waals surface area contributed by atoms with E-state index in [4.69, 9.17) is 13.8 Å². The average Bonchev–Trinajstić information content (AvgIpc) is 2.62. The summed E-state index contributed by atoms with van der Waals surface area (Å²) in [6, 6.07) is 0. The van der Waals surface area contributed by atoms with Gasteiger partial charge in [0.15, 0.2) is 0 Å². The van der Waals surface area contributed by atoms with Gasteiger partial charge < -0.3 is 13.8 Å². The number of carbonyl (C=O) groups is 1. The van der Waals surface area contributed by atoms with Gasteiger partial charge in [0.2, 0.25) is 0 Å². The van der Waals surface area contributed by atoms with Gasteiger partial charge in [-0.3, -0.25) is 4.57 Å². The summed E-state index contributed by atoms with van der Waals surface area (Å²) in [5.41, 5.74) is 2.75. The van der Waals surface area contributed by atoms with E-state index in [1.54, 1.807) is 26.8 Å². The fourth-order valence-electron chi connectivity index (χ4n) is 2.76. The summed E-state index contributed by atoms with van der Waals surface area (Å²) in [5, 5.41) is 0.0170. The molecule has 0 saturated heterocycles. The molecule has 0 radical (unpaired) electrons. The van der Waals surface area contributed by atoms with Crippen molar-refractivity contribution < 1.29 is 23.1 Å². The van der Waals surface area contributed by atoms with Crippen LogP contribution >= 0.6 is 7.60 Å². The van der Waals surface area contributed by atoms with Crippen LogP contribution < -0.4 is 0 Å². The number of ether oxygens (including phenoxy) is 1. The summed E-state index contributed by atoms with van der Waals surface area (Å²) < 4.78 is 28.9. The lowest BCUT2D eigenvalue weighted by molar-refractivity contribution is -0.137. The first-order chi connectivity index (χ1) is 13.7. The molecule has 0 aromatic carbocycles. The molecule has 0 rings (SSSR count). The average molecular weight is 429 g/mol. The van der Waals surface area contributed by atoms with Crippen molar-refractivity contribution in [3.05, 3.63) is 34.7 Å². The molecule has 0 aliphatic rings. The molecule has 168 valence electrons. The Bertz CT molecular complexity index is 605. The SMILES string of the molecule is CCOC(=O)/C(=C\CC(C)CCC=C(C)CCC=C(C)C)P(=O)(OCC)OCC. The monoisotopic (exact) mass is 428 g/mol. The van der Waals surface area contributed by atoms with E-state index >= 15 is 0 Å². The van der Waals surface area contributed by atoms with E-state index in [-0.39, 0.29) is 25.1 Å². The first-order valence-electron chi connectivity index (χ1n) is 10.8. The lowest BCUT2D eigenvalue weighted by Crippen LogP contribution is -2.12. The van der Waals surface area contributed by atoms with Gasteiger partial charge in [-0.25, -0.2) is 4.79 Å². The van der Waals surface area contributed by atoms with Crippen molar-refractivity contribution in [1.29, 1.82) is 0 Å². The minimum absolute atomic E-state index is 0.0170. The zero-order valence-corrected chi connectivity index (χ0v) is 20.3. The molecular weight excluding hydrogens is 387 g/mol. The highest BCUT2D eigenvalue weighted by atomic mass is 31.2. The molecule has 0 aromatic rings. The van der Waals surface area contributed by atoms with Crippen LogP contribution in [-0.4, -0.2) is 25.8 Å². The van der Waals surface area contributed by atoms with Crippen molar-refractivity contribution in [1.82, 2.24) is 0 Å². The summed E-state index contributed by atoms with van der Waals surface area (Å²) in [7, 11) is -3.66. The van der Waals surface area contributed by atoms with Crippen LogP contribution in [-0.2, 0) is 23.1 Å². The maximum absolute atomic E-state index is 13.1. The molecule has 0 aromatic heterocycles. The Morgan fingerprint density at radius 3 is 2.07 bits per heavy atom. The Morgan fingerprint density at radius 1 is 0.931 bits per heavy atom. The molecule has 0 bridgehead atoms. The molecular formula is C23H41O5P. The van der Waals surface area contributed by atoms with Crippen molar-refractivity contribution in [2.75, 3.05) is 19.8 Å². The van der Waals surface area contributed by atoms with Crippen LogP contribution in [0.5, 0.6) is 0 Å². The van der Waals surface area contributed by atoms with Gasteiger partial charge in [0.05, 0.1) is 19.8 Å². The predicted molar refractivity (Wildman–Crippen MR) is 121 cm³/mol. The Balaban J connectivity index is 4.99. The van der Waals surface area contributed by atoms with Gasteiger partial charge in [-0.2, -0.15) is 0 Å². The van der Waals surface area contributed by atoms with Crippen LogP contribution in [0.3, 0.4) is 0 Å². The molecule has 29 heavy (non-hydrogen) atoms. The lowest BCUT2D eigenvalue weighted by Gasteiger charge is -2.19. The van der Waals surface area contributed by atoms with E-state index in [0.29, 0.717) is 12.3 Å². The van der Waals surface area contributed by atoms with E-state index in [1.807, 2.05) is 0 Å². The van der Waals surface area contributed by atoms with Crippen LogP contribution in [0.2, 0.25) is 0 Å². The number of esters is 1. The van der Waals surface area contributed by atoms with E-state index < -0.39 is 13.6 Å². The van der Waals surface area contributed by atoms with Gasteiger partial charge >= 0.3 is 13.6 Å². The third kappa shape index (κ3) is 12.2. The number of hydrogen-bond acceptors (Lipinski definition) is 5. The minimum atomic E-state index is -3.66. The predicted octanol–water partition coefficient (Wildman–Crippen LogP) is 7.20. The Kier molecular flexibility index (Phi) is 15.0. The fourth-order valence-corrected chi connectivity index (χ4v) is 4.41. The molecule has 0 spiro atoms. The highest BCUT2D eigenvalue weighted by Crippen LogP contribution is 2.56. The van der Waals surface area contributed by atoms with E-state index in [1.165, 1.54) is 11.1 Å². The first kappa shape index (κ1) is 27.8. The third-order valence-electron chi connectivity index (χ3n) is 4.33. The zero-order valence-electron chi connectivity index (χ0n) is 19.5. The molecule has 0 saturated carbocycles. The molecule has 0 heterocycles. The number of hydrogen-bond donors (Lipinski definition) is 0. The van der Waals surface area contributed by atoms with Gasteiger partial charge in [-0.15, -0.1) is 0 Å². The standard InChI is InChI=1S/C23H41O5P/c1-8-26-23(24)22(29(25,27-9-2)28-10-3)18-17-21(7)16-12-15-20(6)14-11-13-19(4)5/h13,15,18,21H,8-12,14,16-17H2,1-7H3/b20-15?,22-18+. The Hall–Kier alpha value is -1.16. The summed E-state index contributed by atoms with van der Waals surface area (Å²) in [4.78, 5) is 12.4. The largest absolute Gasteiger partial charge is 0.462 e.